The van der Waals surface area contributed by atoms with Gasteiger partial charge >= 0.3 is 0 Å². The first-order chi connectivity index (χ1) is 9.52. The summed E-state index contributed by atoms with van der Waals surface area (Å²) in [7, 11) is 3.38. The number of ketones is 1. The van der Waals surface area contributed by atoms with Gasteiger partial charge in [-0.2, -0.15) is 0 Å². The van der Waals surface area contributed by atoms with Gasteiger partial charge < -0.3 is 9.64 Å². The Morgan fingerprint density at radius 1 is 1.30 bits per heavy atom. The van der Waals surface area contributed by atoms with Crippen LogP contribution in [0.1, 0.15) is 41.6 Å². The summed E-state index contributed by atoms with van der Waals surface area (Å²) in [6.45, 7) is 1.95. The molecule has 0 aliphatic heterocycles. The zero-order valence-corrected chi connectivity index (χ0v) is 12.3. The van der Waals surface area contributed by atoms with Crippen LogP contribution in [0.15, 0.2) is 18.2 Å². The fourth-order valence-corrected chi connectivity index (χ4v) is 2.66. The lowest BCUT2D eigenvalue weighted by Crippen LogP contribution is -2.39. The van der Waals surface area contributed by atoms with Gasteiger partial charge in [0.1, 0.15) is 11.5 Å². The summed E-state index contributed by atoms with van der Waals surface area (Å²) in [6.07, 6.45) is 2.67. The Morgan fingerprint density at radius 2 is 1.95 bits per heavy atom. The lowest BCUT2D eigenvalue weighted by Gasteiger charge is -2.31. The van der Waals surface area contributed by atoms with Crippen molar-refractivity contribution in [1.29, 1.82) is 0 Å². The van der Waals surface area contributed by atoms with Crippen LogP contribution in [0.2, 0.25) is 0 Å². The molecule has 4 heteroatoms. The van der Waals surface area contributed by atoms with Crippen LogP contribution >= 0.6 is 0 Å². The van der Waals surface area contributed by atoms with Gasteiger partial charge in [-0.25, -0.2) is 0 Å². The van der Waals surface area contributed by atoms with Crippen molar-refractivity contribution in [2.75, 3.05) is 14.2 Å². The Bertz CT molecular complexity index is 514. The average Bonchev–Trinajstić information content (AvgIpc) is 2.46. The zero-order chi connectivity index (χ0) is 14.7. The van der Waals surface area contributed by atoms with Crippen molar-refractivity contribution in [3.8, 4) is 5.75 Å². The molecule has 2 rings (SSSR count). The van der Waals surface area contributed by atoms with Gasteiger partial charge in [0, 0.05) is 25.9 Å². The number of Topliss-reactive ketones (excluding diaryl/α,β-unsaturated/α-hetero) is 1. The number of methoxy groups -OCH3 is 1. The maximum Gasteiger partial charge on any atom is 0.257 e. The molecule has 0 bridgehead atoms. The van der Waals surface area contributed by atoms with Crippen LogP contribution in [0, 0.1) is 6.92 Å². The van der Waals surface area contributed by atoms with E-state index in [1.54, 1.807) is 12.0 Å². The van der Waals surface area contributed by atoms with E-state index < -0.39 is 0 Å². The predicted octanol–water partition coefficient (Wildman–Crippen LogP) is 2.59. The highest BCUT2D eigenvalue weighted by Crippen LogP contribution is 2.25. The molecule has 0 atom stereocenters. The largest absolute Gasteiger partial charge is 0.496 e. The highest BCUT2D eigenvalue weighted by molar-refractivity contribution is 5.97. The topological polar surface area (TPSA) is 46.6 Å². The lowest BCUT2D eigenvalue weighted by atomic mass is 9.93. The zero-order valence-electron chi connectivity index (χ0n) is 12.3. The van der Waals surface area contributed by atoms with Crippen molar-refractivity contribution in [1.82, 2.24) is 4.90 Å². The monoisotopic (exact) mass is 275 g/mol. The van der Waals surface area contributed by atoms with Crippen LogP contribution in [0.3, 0.4) is 0 Å². The number of carbonyl (C=O) groups is 2. The molecule has 0 radical (unpaired) electrons. The fourth-order valence-electron chi connectivity index (χ4n) is 2.66. The summed E-state index contributed by atoms with van der Waals surface area (Å²) in [5.41, 5.74) is 1.62. The second-order valence-corrected chi connectivity index (χ2v) is 5.39. The molecule has 1 aromatic carbocycles. The minimum absolute atomic E-state index is 0.0371. The molecule has 1 aromatic rings. The summed E-state index contributed by atoms with van der Waals surface area (Å²) in [5, 5.41) is 0. The summed E-state index contributed by atoms with van der Waals surface area (Å²) in [6, 6.07) is 5.74. The Labute approximate surface area is 119 Å². The van der Waals surface area contributed by atoms with E-state index >= 15 is 0 Å². The normalized spacial score (nSPS) is 16.1. The second kappa shape index (κ2) is 6.07. The van der Waals surface area contributed by atoms with Gasteiger partial charge in [0.25, 0.3) is 5.91 Å². The van der Waals surface area contributed by atoms with Gasteiger partial charge in [-0.05, 0) is 31.9 Å². The van der Waals surface area contributed by atoms with Gasteiger partial charge in [-0.1, -0.05) is 11.6 Å². The number of amides is 1. The molecule has 1 aliphatic rings. The molecule has 1 amide bonds. The van der Waals surface area contributed by atoms with E-state index in [2.05, 4.69) is 0 Å². The number of hydrogen-bond donors (Lipinski definition) is 0. The molecule has 0 spiro atoms. The van der Waals surface area contributed by atoms with Gasteiger partial charge in [-0.15, -0.1) is 0 Å². The number of rotatable bonds is 3. The maximum atomic E-state index is 12.6. The lowest BCUT2D eigenvalue weighted by molar-refractivity contribution is -0.121. The Kier molecular flexibility index (Phi) is 4.42. The van der Waals surface area contributed by atoms with Crippen molar-refractivity contribution in [2.24, 2.45) is 0 Å². The number of carbonyl (C=O) groups excluding carboxylic acids is 2. The highest BCUT2D eigenvalue weighted by Gasteiger charge is 2.27. The minimum atomic E-state index is -0.0371. The van der Waals surface area contributed by atoms with Crippen molar-refractivity contribution >= 4 is 11.7 Å². The molecule has 0 N–H and O–H groups in total. The third-order valence-corrected chi connectivity index (χ3v) is 3.97. The van der Waals surface area contributed by atoms with Gasteiger partial charge in [-0.3, -0.25) is 9.59 Å². The van der Waals surface area contributed by atoms with E-state index in [-0.39, 0.29) is 11.9 Å². The van der Waals surface area contributed by atoms with Gasteiger partial charge in [0.05, 0.1) is 12.7 Å². The fraction of sp³-hybridized carbons (Fsp3) is 0.500. The molecule has 0 aromatic heterocycles. The molecule has 0 unspecified atom stereocenters. The first-order valence-corrected chi connectivity index (χ1v) is 6.96. The van der Waals surface area contributed by atoms with E-state index in [9.17, 15) is 9.59 Å². The van der Waals surface area contributed by atoms with Crippen LogP contribution in [-0.2, 0) is 4.79 Å². The molecule has 20 heavy (non-hydrogen) atoms. The Hall–Kier alpha value is -1.84. The standard InChI is InChI=1S/C16H21NO3/c1-11-4-9-15(20-3)14(10-11)16(19)17(2)12-5-7-13(18)8-6-12/h4,9-10,12H,5-8H2,1-3H3. The van der Waals surface area contributed by atoms with Crippen LogP contribution in [0.5, 0.6) is 5.75 Å². The van der Waals surface area contributed by atoms with E-state index in [4.69, 9.17) is 4.74 Å². The Morgan fingerprint density at radius 3 is 2.55 bits per heavy atom. The summed E-state index contributed by atoms with van der Waals surface area (Å²) in [4.78, 5) is 25.7. The second-order valence-electron chi connectivity index (χ2n) is 5.39. The van der Waals surface area contributed by atoms with Gasteiger partial charge in [0.15, 0.2) is 0 Å². The third kappa shape index (κ3) is 3.00. The molecule has 0 heterocycles. The number of aryl methyl sites for hydroxylation is 1. The van der Waals surface area contributed by atoms with Gasteiger partial charge in [0.2, 0.25) is 0 Å². The van der Waals surface area contributed by atoms with Crippen molar-refractivity contribution in [2.45, 2.75) is 38.6 Å². The molecular weight excluding hydrogens is 254 g/mol. The average molecular weight is 275 g/mol. The molecule has 1 aliphatic carbocycles. The number of nitrogens with zero attached hydrogens (tertiary/aromatic N) is 1. The summed E-state index contributed by atoms with van der Waals surface area (Å²) < 4.78 is 5.27. The molecule has 108 valence electrons. The van der Waals surface area contributed by atoms with Crippen LogP contribution in [-0.4, -0.2) is 36.8 Å². The maximum absolute atomic E-state index is 12.6. The predicted molar refractivity (Wildman–Crippen MR) is 77.1 cm³/mol. The Balaban J connectivity index is 2.18. The minimum Gasteiger partial charge on any atom is -0.496 e. The third-order valence-electron chi connectivity index (χ3n) is 3.97. The summed E-state index contributed by atoms with van der Waals surface area (Å²) >= 11 is 0. The SMILES string of the molecule is COc1ccc(C)cc1C(=O)N(C)C1CCC(=O)CC1. The van der Waals surface area contributed by atoms with E-state index in [0.29, 0.717) is 29.9 Å². The molecular formula is C16H21NO3. The summed E-state index contributed by atoms with van der Waals surface area (Å²) in [5.74, 6) is 0.861. The number of benzene rings is 1. The first kappa shape index (κ1) is 14.6. The molecule has 0 saturated heterocycles. The first-order valence-electron chi connectivity index (χ1n) is 6.96. The van der Waals surface area contributed by atoms with E-state index in [1.807, 2.05) is 32.2 Å². The smallest absolute Gasteiger partial charge is 0.257 e. The number of ether oxygens (including phenoxy) is 1. The van der Waals surface area contributed by atoms with Crippen LogP contribution in [0.4, 0.5) is 0 Å². The van der Waals surface area contributed by atoms with Crippen molar-refractivity contribution in [3.05, 3.63) is 29.3 Å². The quantitative estimate of drug-likeness (QED) is 0.851. The molecule has 1 saturated carbocycles. The molecule has 4 nitrogen and oxygen atoms in total. The number of hydrogen-bond acceptors (Lipinski definition) is 3. The highest BCUT2D eigenvalue weighted by atomic mass is 16.5. The van der Waals surface area contributed by atoms with E-state index in [0.717, 1.165) is 18.4 Å². The van der Waals surface area contributed by atoms with Crippen molar-refractivity contribution < 1.29 is 14.3 Å². The molecule has 1 fully saturated rings. The van der Waals surface area contributed by atoms with Crippen LogP contribution < -0.4 is 4.74 Å². The van der Waals surface area contributed by atoms with Crippen LogP contribution in [0.25, 0.3) is 0 Å². The van der Waals surface area contributed by atoms with Crippen molar-refractivity contribution in [3.63, 3.8) is 0 Å². The van der Waals surface area contributed by atoms with E-state index in [1.165, 1.54) is 0 Å².